The molecule has 0 aliphatic heterocycles. The van der Waals surface area contributed by atoms with Gasteiger partial charge in [0.2, 0.25) is 0 Å². The van der Waals surface area contributed by atoms with E-state index in [-0.39, 0.29) is 5.56 Å². The van der Waals surface area contributed by atoms with Crippen molar-refractivity contribution in [3.8, 4) is 5.69 Å². The van der Waals surface area contributed by atoms with E-state index < -0.39 is 5.97 Å². The summed E-state index contributed by atoms with van der Waals surface area (Å²) in [4.78, 5) is 19.9. The first-order valence-corrected chi connectivity index (χ1v) is 7.15. The van der Waals surface area contributed by atoms with Crippen molar-refractivity contribution in [2.75, 3.05) is 5.32 Å². The molecule has 23 heavy (non-hydrogen) atoms. The minimum Gasteiger partial charge on any atom is -0.478 e. The fourth-order valence-corrected chi connectivity index (χ4v) is 2.22. The number of nitrogens with one attached hydrogen (secondary N) is 1. The highest BCUT2D eigenvalue weighted by atomic mass is 16.4. The molecule has 6 heteroatoms. The van der Waals surface area contributed by atoms with Crippen LogP contribution in [0.2, 0.25) is 0 Å². The van der Waals surface area contributed by atoms with Crippen LogP contribution >= 0.6 is 0 Å². The van der Waals surface area contributed by atoms with E-state index in [1.807, 2.05) is 25.3 Å². The average molecular weight is 308 g/mol. The van der Waals surface area contributed by atoms with E-state index >= 15 is 0 Å². The third-order valence-electron chi connectivity index (χ3n) is 3.41. The van der Waals surface area contributed by atoms with Gasteiger partial charge in [-0.15, -0.1) is 0 Å². The lowest BCUT2D eigenvalue weighted by molar-refractivity contribution is 0.0697. The monoisotopic (exact) mass is 308 g/mol. The lowest BCUT2D eigenvalue weighted by Crippen LogP contribution is -2.04. The van der Waals surface area contributed by atoms with E-state index in [4.69, 9.17) is 0 Å². The second kappa shape index (κ2) is 6.31. The summed E-state index contributed by atoms with van der Waals surface area (Å²) in [6.45, 7) is 2.50. The number of rotatable bonds is 5. The van der Waals surface area contributed by atoms with Gasteiger partial charge in [0.25, 0.3) is 0 Å². The van der Waals surface area contributed by atoms with Gasteiger partial charge in [-0.3, -0.25) is 0 Å². The van der Waals surface area contributed by atoms with Crippen LogP contribution in [-0.2, 0) is 6.54 Å². The number of benzene rings is 1. The number of imidazole rings is 1. The molecule has 2 aromatic heterocycles. The number of hydrogen-bond acceptors (Lipinski definition) is 4. The fourth-order valence-electron chi connectivity index (χ4n) is 2.22. The van der Waals surface area contributed by atoms with E-state index in [9.17, 15) is 9.90 Å². The van der Waals surface area contributed by atoms with Gasteiger partial charge in [-0.25, -0.2) is 14.8 Å². The summed E-state index contributed by atoms with van der Waals surface area (Å²) in [5, 5.41) is 12.4. The van der Waals surface area contributed by atoms with E-state index in [0.717, 1.165) is 17.1 Å². The maximum Gasteiger partial charge on any atom is 0.337 e. The lowest BCUT2D eigenvalue weighted by atomic mass is 10.2. The Morgan fingerprint density at radius 2 is 2.04 bits per heavy atom. The first kappa shape index (κ1) is 14.8. The highest BCUT2D eigenvalue weighted by Crippen LogP contribution is 2.15. The highest BCUT2D eigenvalue weighted by Gasteiger charge is 2.11. The number of carboxylic acid groups (broad SMARTS) is 1. The molecule has 3 aromatic rings. The van der Waals surface area contributed by atoms with Gasteiger partial charge in [-0.05, 0) is 30.7 Å². The summed E-state index contributed by atoms with van der Waals surface area (Å²) >= 11 is 0. The summed E-state index contributed by atoms with van der Waals surface area (Å²) in [5.41, 5.74) is 2.73. The molecule has 0 fully saturated rings. The van der Waals surface area contributed by atoms with Crippen molar-refractivity contribution in [2.24, 2.45) is 0 Å². The molecule has 2 N–H and O–H groups in total. The van der Waals surface area contributed by atoms with Gasteiger partial charge >= 0.3 is 5.97 Å². The zero-order valence-corrected chi connectivity index (χ0v) is 12.6. The number of aromatic carboxylic acids is 1. The van der Waals surface area contributed by atoms with Gasteiger partial charge in [-0.2, -0.15) is 0 Å². The molecule has 2 heterocycles. The standard InChI is InChI=1S/C17H16N4O2/c1-12-6-7-16(18-8-12)19-9-13-10-21(11-20-13)15-5-3-2-4-14(15)17(22)23/h2-8,10-11H,9H2,1H3,(H,18,19)(H,22,23). The summed E-state index contributed by atoms with van der Waals surface area (Å²) < 4.78 is 1.71. The summed E-state index contributed by atoms with van der Waals surface area (Å²) in [6.07, 6.45) is 5.22. The maximum absolute atomic E-state index is 11.3. The van der Waals surface area contributed by atoms with Gasteiger partial charge in [0, 0.05) is 12.4 Å². The van der Waals surface area contributed by atoms with Crippen molar-refractivity contribution in [2.45, 2.75) is 13.5 Å². The second-order valence-electron chi connectivity index (χ2n) is 5.17. The SMILES string of the molecule is Cc1ccc(NCc2cn(-c3ccccc3C(=O)O)cn2)nc1. The summed E-state index contributed by atoms with van der Waals surface area (Å²) in [6, 6.07) is 10.7. The molecule has 1 aromatic carbocycles. The first-order valence-electron chi connectivity index (χ1n) is 7.15. The molecule has 0 bridgehead atoms. The van der Waals surface area contributed by atoms with E-state index in [0.29, 0.717) is 12.2 Å². The Hall–Kier alpha value is -3.15. The number of anilines is 1. The number of nitrogens with zero attached hydrogens (tertiary/aromatic N) is 3. The zero-order chi connectivity index (χ0) is 16.2. The fraction of sp³-hybridized carbons (Fsp3) is 0.118. The predicted molar refractivity (Wildman–Crippen MR) is 86.8 cm³/mol. The maximum atomic E-state index is 11.3. The minimum absolute atomic E-state index is 0.240. The Balaban J connectivity index is 1.76. The Morgan fingerprint density at radius 3 is 2.78 bits per heavy atom. The van der Waals surface area contributed by atoms with Crippen LogP contribution in [0, 0.1) is 6.92 Å². The molecule has 6 nitrogen and oxygen atoms in total. The largest absolute Gasteiger partial charge is 0.478 e. The average Bonchev–Trinajstić information content (AvgIpc) is 3.03. The van der Waals surface area contributed by atoms with Crippen LogP contribution in [0.3, 0.4) is 0 Å². The second-order valence-corrected chi connectivity index (χ2v) is 5.17. The number of carbonyl (C=O) groups is 1. The zero-order valence-electron chi connectivity index (χ0n) is 12.6. The molecule has 0 aliphatic rings. The molecule has 0 atom stereocenters. The van der Waals surface area contributed by atoms with Crippen LogP contribution in [0.4, 0.5) is 5.82 Å². The minimum atomic E-state index is -0.960. The topological polar surface area (TPSA) is 80.0 Å². The third kappa shape index (κ3) is 3.37. The van der Waals surface area contributed by atoms with Gasteiger partial charge in [0.15, 0.2) is 0 Å². The van der Waals surface area contributed by atoms with Crippen LogP contribution in [0.5, 0.6) is 0 Å². The highest BCUT2D eigenvalue weighted by molar-refractivity contribution is 5.91. The quantitative estimate of drug-likeness (QED) is 0.757. The van der Waals surface area contributed by atoms with Crippen molar-refractivity contribution in [3.05, 3.63) is 71.9 Å². The van der Waals surface area contributed by atoms with Crippen LogP contribution in [0.15, 0.2) is 55.1 Å². The number of carboxylic acids is 1. The summed E-state index contributed by atoms with van der Waals surface area (Å²) in [7, 11) is 0. The lowest BCUT2D eigenvalue weighted by Gasteiger charge is -2.06. The molecule has 0 radical (unpaired) electrons. The molecular weight excluding hydrogens is 292 g/mol. The van der Waals surface area contributed by atoms with Crippen molar-refractivity contribution in [3.63, 3.8) is 0 Å². The van der Waals surface area contributed by atoms with Crippen molar-refractivity contribution in [1.29, 1.82) is 0 Å². The van der Waals surface area contributed by atoms with E-state index in [1.165, 1.54) is 0 Å². The molecule has 0 spiro atoms. The van der Waals surface area contributed by atoms with E-state index in [1.54, 1.807) is 41.4 Å². The van der Waals surface area contributed by atoms with Crippen LogP contribution in [0.1, 0.15) is 21.6 Å². The number of para-hydroxylation sites is 1. The van der Waals surface area contributed by atoms with Gasteiger partial charge in [0.1, 0.15) is 5.82 Å². The Labute approximate surface area is 133 Å². The van der Waals surface area contributed by atoms with Crippen molar-refractivity contribution >= 4 is 11.8 Å². The molecular formula is C17H16N4O2. The number of pyridine rings is 1. The molecule has 0 aliphatic carbocycles. The number of hydrogen-bond donors (Lipinski definition) is 2. The normalized spacial score (nSPS) is 10.5. The van der Waals surface area contributed by atoms with Gasteiger partial charge < -0.3 is 15.0 Å². The molecule has 0 saturated carbocycles. The molecule has 0 unspecified atom stereocenters. The third-order valence-corrected chi connectivity index (χ3v) is 3.41. The van der Waals surface area contributed by atoms with Crippen LogP contribution in [0.25, 0.3) is 5.69 Å². The van der Waals surface area contributed by atoms with E-state index in [2.05, 4.69) is 15.3 Å². The Kier molecular flexibility index (Phi) is 4.05. The first-order chi connectivity index (χ1) is 11.1. The Morgan fingerprint density at radius 1 is 1.22 bits per heavy atom. The Bertz CT molecular complexity index is 825. The molecule has 0 amide bonds. The summed E-state index contributed by atoms with van der Waals surface area (Å²) in [5.74, 6) is -0.186. The number of aryl methyl sites for hydroxylation is 1. The molecule has 116 valence electrons. The van der Waals surface area contributed by atoms with Crippen LogP contribution < -0.4 is 5.32 Å². The van der Waals surface area contributed by atoms with Crippen molar-refractivity contribution in [1.82, 2.24) is 14.5 Å². The van der Waals surface area contributed by atoms with Crippen LogP contribution in [-0.4, -0.2) is 25.6 Å². The smallest absolute Gasteiger partial charge is 0.337 e. The predicted octanol–water partition coefficient (Wildman–Crippen LogP) is 2.89. The van der Waals surface area contributed by atoms with Crippen molar-refractivity contribution < 1.29 is 9.90 Å². The molecule has 0 saturated heterocycles. The number of aromatic nitrogens is 3. The van der Waals surface area contributed by atoms with Gasteiger partial charge in [-0.1, -0.05) is 18.2 Å². The van der Waals surface area contributed by atoms with Gasteiger partial charge in [0.05, 0.1) is 29.8 Å². The molecule has 3 rings (SSSR count).